The van der Waals surface area contributed by atoms with Crippen LogP contribution in [0.1, 0.15) is 31.2 Å². The van der Waals surface area contributed by atoms with Gasteiger partial charge in [0.15, 0.2) is 0 Å². The van der Waals surface area contributed by atoms with Crippen molar-refractivity contribution in [1.82, 2.24) is 4.90 Å². The fourth-order valence-electron chi connectivity index (χ4n) is 2.76. The summed E-state index contributed by atoms with van der Waals surface area (Å²) in [5, 5.41) is 2.75. The van der Waals surface area contributed by atoms with Crippen LogP contribution >= 0.6 is 0 Å². The zero-order chi connectivity index (χ0) is 15.2. The number of halogens is 1. The maximum Gasteiger partial charge on any atom is 0.225 e. The van der Waals surface area contributed by atoms with Crippen LogP contribution in [0, 0.1) is 12.7 Å². The Labute approximate surface area is 125 Å². The minimum atomic E-state index is -0.299. The number of likely N-dealkylation sites (tertiary alicyclic amines) is 1. The van der Waals surface area contributed by atoms with Gasteiger partial charge >= 0.3 is 0 Å². The molecule has 1 heterocycles. The highest BCUT2D eigenvalue weighted by molar-refractivity contribution is 5.90. The summed E-state index contributed by atoms with van der Waals surface area (Å²) in [7, 11) is 0. The van der Waals surface area contributed by atoms with E-state index in [-0.39, 0.29) is 11.7 Å². The fraction of sp³-hybridized carbons (Fsp3) is 0.562. The number of aryl methyl sites for hydroxylation is 1. The Bertz CT molecular complexity index is 492. The van der Waals surface area contributed by atoms with E-state index in [1.807, 2.05) is 0 Å². The molecule has 0 aliphatic carbocycles. The molecule has 1 atom stereocenters. The van der Waals surface area contributed by atoms with Gasteiger partial charge in [-0.1, -0.05) is 12.5 Å². The average Bonchev–Trinajstić information content (AvgIpc) is 2.49. The van der Waals surface area contributed by atoms with E-state index in [2.05, 4.69) is 10.2 Å². The minimum Gasteiger partial charge on any atom is -0.329 e. The highest BCUT2D eigenvalue weighted by Crippen LogP contribution is 2.17. The van der Waals surface area contributed by atoms with Gasteiger partial charge in [-0.15, -0.1) is 0 Å². The molecule has 0 spiro atoms. The van der Waals surface area contributed by atoms with E-state index in [1.54, 1.807) is 19.1 Å². The molecule has 1 aliphatic heterocycles. The van der Waals surface area contributed by atoms with Crippen LogP contribution < -0.4 is 11.1 Å². The lowest BCUT2D eigenvalue weighted by Gasteiger charge is -2.34. The van der Waals surface area contributed by atoms with E-state index >= 15 is 0 Å². The minimum absolute atomic E-state index is 0.0837. The molecule has 116 valence electrons. The topological polar surface area (TPSA) is 58.4 Å². The van der Waals surface area contributed by atoms with Crippen LogP contribution in [0.5, 0.6) is 0 Å². The number of amides is 1. The zero-order valence-corrected chi connectivity index (χ0v) is 12.6. The molecule has 1 fully saturated rings. The molecule has 1 saturated heterocycles. The second kappa shape index (κ2) is 7.52. The lowest BCUT2D eigenvalue weighted by Crippen LogP contribution is -2.45. The summed E-state index contributed by atoms with van der Waals surface area (Å²) in [5.41, 5.74) is 6.86. The van der Waals surface area contributed by atoms with Gasteiger partial charge in [-0.3, -0.25) is 9.69 Å². The summed E-state index contributed by atoms with van der Waals surface area (Å²) in [6.07, 6.45) is 3.90. The van der Waals surface area contributed by atoms with Crippen molar-refractivity contribution in [1.29, 1.82) is 0 Å². The molecule has 1 amide bonds. The first-order chi connectivity index (χ1) is 10.1. The van der Waals surface area contributed by atoms with E-state index in [9.17, 15) is 9.18 Å². The molecule has 0 bridgehead atoms. The number of nitrogens with one attached hydrogen (secondary N) is 1. The summed E-state index contributed by atoms with van der Waals surface area (Å²) >= 11 is 0. The number of hydrogen-bond acceptors (Lipinski definition) is 3. The van der Waals surface area contributed by atoms with E-state index in [0.29, 0.717) is 36.8 Å². The first kappa shape index (κ1) is 15.9. The summed E-state index contributed by atoms with van der Waals surface area (Å²) in [4.78, 5) is 14.2. The Morgan fingerprint density at radius 2 is 2.29 bits per heavy atom. The van der Waals surface area contributed by atoms with Gasteiger partial charge in [-0.05, 0) is 44.0 Å². The maximum atomic E-state index is 13.4. The van der Waals surface area contributed by atoms with Crippen molar-refractivity contribution < 1.29 is 9.18 Å². The molecule has 1 aliphatic rings. The molecular formula is C16H24FN3O. The lowest BCUT2D eigenvalue weighted by molar-refractivity contribution is -0.116. The quantitative estimate of drug-likeness (QED) is 0.875. The molecule has 21 heavy (non-hydrogen) atoms. The second-order valence-electron chi connectivity index (χ2n) is 5.68. The Hall–Kier alpha value is -1.46. The van der Waals surface area contributed by atoms with Gasteiger partial charge in [-0.2, -0.15) is 0 Å². The third-order valence-corrected chi connectivity index (χ3v) is 4.10. The maximum absolute atomic E-state index is 13.4. The summed E-state index contributed by atoms with van der Waals surface area (Å²) in [5.74, 6) is -0.383. The third kappa shape index (κ3) is 4.51. The van der Waals surface area contributed by atoms with Gasteiger partial charge < -0.3 is 11.1 Å². The van der Waals surface area contributed by atoms with Crippen LogP contribution in [-0.4, -0.2) is 36.5 Å². The van der Waals surface area contributed by atoms with Crippen molar-refractivity contribution in [3.63, 3.8) is 0 Å². The smallest absolute Gasteiger partial charge is 0.225 e. The number of piperidine rings is 1. The van der Waals surface area contributed by atoms with Crippen LogP contribution in [-0.2, 0) is 4.79 Å². The van der Waals surface area contributed by atoms with Crippen LogP contribution in [0.4, 0.5) is 10.1 Å². The molecule has 0 unspecified atom stereocenters. The second-order valence-corrected chi connectivity index (χ2v) is 5.68. The highest BCUT2D eigenvalue weighted by Gasteiger charge is 2.21. The van der Waals surface area contributed by atoms with Gasteiger partial charge in [0.25, 0.3) is 0 Å². The van der Waals surface area contributed by atoms with E-state index in [4.69, 9.17) is 5.73 Å². The molecule has 0 aromatic heterocycles. The van der Waals surface area contributed by atoms with E-state index in [0.717, 1.165) is 13.0 Å². The van der Waals surface area contributed by atoms with E-state index in [1.165, 1.54) is 18.9 Å². The Balaban J connectivity index is 1.82. The van der Waals surface area contributed by atoms with Crippen LogP contribution in [0.3, 0.4) is 0 Å². The number of carbonyl (C=O) groups excluding carboxylic acids is 1. The number of benzene rings is 1. The number of nitrogens with two attached hydrogens (primary N) is 1. The monoisotopic (exact) mass is 293 g/mol. The first-order valence-electron chi connectivity index (χ1n) is 7.60. The third-order valence-electron chi connectivity index (χ3n) is 4.10. The molecule has 0 radical (unpaired) electrons. The van der Waals surface area contributed by atoms with Crippen LogP contribution in [0.2, 0.25) is 0 Å². The molecule has 3 N–H and O–H groups in total. The normalized spacial score (nSPS) is 19.5. The SMILES string of the molecule is Cc1ccc(NC(=O)CCN2CCCC[C@H]2CN)cc1F. The molecular weight excluding hydrogens is 269 g/mol. The lowest BCUT2D eigenvalue weighted by atomic mass is 10.0. The van der Waals surface area contributed by atoms with Crippen LogP contribution in [0.15, 0.2) is 18.2 Å². The molecule has 1 aromatic carbocycles. The van der Waals surface area contributed by atoms with Gasteiger partial charge in [0.1, 0.15) is 5.82 Å². The summed E-state index contributed by atoms with van der Waals surface area (Å²) in [6, 6.07) is 5.14. The number of hydrogen-bond donors (Lipinski definition) is 2. The Kier molecular flexibility index (Phi) is 5.70. The summed E-state index contributed by atoms with van der Waals surface area (Å²) < 4.78 is 13.4. The molecule has 2 rings (SSSR count). The van der Waals surface area contributed by atoms with Gasteiger partial charge in [0.2, 0.25) is 5.91 Å². The van der Waals surface area contributed by atoms with Crippen molar-refractivity contribution in [2.24, 2.45) is 5.73 Å². The predicted molar refractivity (Wildman–Crippen MR) is 82.7 cm³/mol. The largest absolute Gasteiger partial charge is 0.329 e. The standard InChI is InChI=1S/C16H24FN3O/c1-12-5-6-13(10-15(12)17)19-16(21)7-9-20-8-3-2-4-14(20)11-18/h5-6,10,14H,2-4,7-9,11,18H2,1H3,(H,19,21)/t14-/m0/s1. The highest BCUT2D eigenvalue weighted by atomic mass is 19.1. The number of anilines is 1. The average molecular weight is 293 g/mol. The van der Waals surface area contributed by atoms with Crippen molar-refractivity contribution in [2.75, 3.05) is 25.0 Å². The van der Waals surface area contributed by atoms with Gasteiger partial charge in [0.05, 0.1) is 0 Å². The van der Waals surface area contributed by atoms with Crippen molar-refractivity contribution in [2.45, 2.75) is 38.6 Å². The Morgan fingerprint density at radius 1 is 1.48 bits per heavy atom. The van der Waals surface area contributed by atoms with E-state index < -0.39 is 0 Å². The fourth-order valence-corrected chi connectivity index (χ4v) is 2.76. The predicted octanol–water partition coefficient (Wildman–Crippen LogP) is 2.28. The van der Waals surface area contributed by atoms with Gasteiger partial charge in [0, 0.05) is 31.2 Å². The van der Waals surface area contributed by atoms with Crippen molar-refractivity contribution in [3.8, 4) is 0 Å². The molecule has 1 aromatic rings. The van der Waals surface area contributed by atoms with Crippen molar-refractivity contribution >= 4 is 11.6 Å². The number of nitrogens with zero attached hydrogens (tertiary/aromatic N) is 1. The van der Waals surface area contributed by atoms with Crippen LogP contribution in [0.25, 0.3) is 0 Å². The zero-order valence-electron chi connectivity index (χ0n) is 12.6. The Morgan fingerprint density at radius 3 is 3.00 bits per heavy atom. The first-order valence-corrected chi connectivity index (χ1v) is 7.60. The molecule has 0 saturated carbocycles. The molecule has 5 heteroatoms. The van der Waals surface area contributed by atoms with Crippen molar-refractivity contribution in [3.05, 3.63) is 29.6 Å². The number of carbonyl (C=O) groups is 1. The number of rotatable bonds is 5. The summed E-state index contributed by atoms with van der Waals surface area (Å²) in [6.45, 7) is 4.06. The van der Waals surface area contributed by atoms with Gasteiger partial charge in [-0.25, -0.2) is 4.39 Å². The molecule has 4 nitrogen and oxygen atoms in total.